The van der Waals surface area contributed by atoms with Crippen molar-refractivity contribution < 1.29 is 13.2 Å². The Bertz CT molecular complexity index is 757. The smallest absolute Gasteiger partial charge is 0.382 e. The van der Waals surface area contributed by atoms with Gasteiger partial charge in [-0.3, -0.25) is 5.10 Å². The molecule has 0 bridgehead atoms. The minimum Gasteiger partial charge on any atom is -0.382 e. The van der Waals surface area contributed by atoms with Gasteiger partial charge in [0.05, 0.1) is 16.5 Å². The summed E-state index contributed by atoms with van der Waals surface area (Å²) >= 11 is 0. The first-order valence-corrected chi connectivity index (χ1v) is 5.87. The predicted molar refractivity (Wildman–Crippen MR) is 70.9 cm³/mol. The molecular weight excluding hydrogens is 267 g/mol. The van der Waals surface area contributed by atoms with E-state index in [2.05, 4.69) is 10.2 Å². The quantitative estimate of drug-likeness (QED) is 0.710. The molecule has 3 aromatic rings. The van der Waals surface area contributed by atoms with Gasteiger partial charge in [0.15, 0.2) is 5.82 Å². The lowest BCUT2D eigenvalue weighted by molar-refractivity contribution is -0.137. The summed E-state index contributed by atoms with van der Waals surface area (Å²) in [5.74, 6) is 0.329. The molecular formula is C14H10F3N3. The summed E-state index contributed by atoms with van der Waals surface area (Å²) < 4.78 is 37.7. The van der Waals surface area contributed by atoms with Gasteiger partial charge in [-0.15, -0.1) is 0 Å². The number of halogens is 3. The molecule has 3 nitrogen and oxygen atoms in total. The predicted octanol–water partition coefficient (Wildman–Crippen LogP) is 3.83. The summed E-state index contributed by atoms with van der Waals surface area (Å²) in [6.45, 7) is 0. The number of rotatable bonds is 1. The van der Waals surface area contributed by atoms with Crippen molar-refractivity contribution in [3.05, 3.63) is 48.0 Å². The van der Waals surface area contributed by atoms with E-state index in [0.717, 1.165) is 23.2 Å². The fourth-order valence-electron chi connectivity index (χ4n) is 2.18. The normalized spacial score (nSPS) is 11.9. The van der Waals surface area contributed by atoms with E-state index in [1.807, 2.05) is 6.07 Å². The molecule has 0 aliphatic rings. The average molecular weight is 277 g/mol. The van der Waals surface area contributed by atoms with Crippen LogP contribution in [0.3, 0.4) is 0 Å². The first kappa shape index (κ1) is 12.5. The van der Waals surface area contributed by atoms with E-state index in [-0.39, 0.29) is 0 Å². The molecule has 3 rings (SSSR count). The largest absolute Gasteiger partial charge is 0.416 e. The molecule has 0 aliphatic heterocycles. The van der Waals surface area contributed by atoms with Crippen molar-refractivity contribution in [3.63, 3.8) is 0 Å². The van der Waals surface area contributed by atoms with E-state index in [1.165, 1.54) is 12.1 Å². The maximum Gasteiger partial charge on any atom is 0.416 e. The van der Waals surface area contributed by atoms with E-state index >= 15 is 0 Å². The highest BCUT2D eigenvalue weighted by atomic mass is 19.4. The molecule has 0 amide bonds. The lowest BCUT2D eigenvalue weighted by Crippen LogP contribution is -2.04. The van der Waals surface area contributed by atoms with Crippen LogP contribution < -0.4 is 5.73 Å². The maximum atomic E-state index is 12.6. The third-order valence-electron chi connectivity index (χ3n) is 3.14. The molecule has 0 spiro atoms. The number of fused-ring (bicyclic) bond motifs is 1. The number of benzene rings is 2. The van der Waals surface area contributed by atoms with E-state index in [4.69, 9.17) is 5.73 Å². The summed E-state index contributed by atoms with van der Waals surface area (Å²) in [6.07, 6.45) is -4.33. The molecule has 1 aromatic heterocycles. The summed E-state index contributed by atoms with van der Waals surface area (Å²) in [6, 6.07) is 10.4. The Balaban J connectivity index is 2.14. The van der Waals surface area contributed by atoms with Gasteiger partial charge in [-0.05, 0) is 29.3 Å². The topological polar surface area (TPSA) is 54.7 Å². The number of anilines is 1. The van der Waals surface area contributed by atoms with Gasteiger partial charge in [0.25, 0.3) is 0 Å². The minimum atomic E-state index is -4.33. The summed E-state index contributed by atoms with van der Waals surface area (Å²) in [7, 11) is 0. The molecule has 1 heterocycles. The van der Waals surface area contributed by atoms with Crippen LogP contribution in [0.4, 0.5) is 19.0 Å². The van der Waals surface area contributed by atoms with Crippen LogP contribution in [-0.2, 0) is 6.18 Å². The Morgan fingerprint density at radius 2 is 1.70 bits per heavy atom. The van der Waals surface area contributed by atoms with Crippen LogP contribution in [0.25, 0.3) is 22.0 Å². The molecule has 0 aliphatic carbocycles. The summed E-state index contributed by atoms with van der Waals surface area (Å²) in [5.41, 5.74) is 7.28. The van der Waals surface area contributed by atoms with E-state index in [9.17, 15) is 13.2 Å². The van der Waals surface area contributed by atoms with Crippen molar-refractivity contribution in [1.29, 1.82) is 0 Å². The Kier molecular flexibility index (Phi) is 2.67. The highest BCUT2D eigenvalue weighted by molar-refractivity contribution is 6.01. The Morgan fingerprint density at radius 1 is 1.00 bits per heavy atom. The van der Waals surface area contributed by atoms with Crippen LogP contribution >= 0.6 is 0 Å². The number of nitrogens with two attached hydrogens (primary N) is 1. The second kappa shape index (κ2) is 4.26. The molecule has 20 heavy (non-hydrogen) atoms. The minimum absolute atomic E-state index is 0.329. The molecule has 0 saturated heterocycles. The van der Waals surface area contributed by atoms with Crippen LogP contribution in [0.5, 0.6) is 0 Å². The van der Waals surface area contributed by atoms with Crippen LogP contribution in [0, 0.1) is 0 Å². The molecule has 0 radical (unpaired) electrons. The average Bonchev–Trinajstić information content (AvgIpc) is 2.80. The van der Waals surface area contributed by atoms with Crippen molar-refractivity contribution in [2.45, 2.75) is 6.18 Å². The van der Waals surface area contributed by atoms with Gasteiger partial charge in [0.1, 0.15) is 0 Å². The Morgan fingerprint density at radius 3 is 2.35 bits per heavy atom. The van der Waals surface area contributed by atoms with Crippen molar-refractivity contribution in [2.24, 2.45) is 0 Å². The van der Waals surface area contributed by atoms with E-state index < -0.39 is 11.7 Å². The van der Waals surface area contributed by atoms with Gasteiger partial charge >= 0.3 is 6.18 Å². The van der Waals surface area contributed by atoms with Crippen LogP contribution in [0.1, 0.15) is 5.56 Å². The van der Waals surface area contributed by atoms with Crippen molar-refractivity contribution in [2.75, 3.05) is 5.73 Å². The Labute approximate surface area is 112 Å². The first-order valence-electron chi connectivity index (χ1n) is 5.87. The summed E-state index contributed by atoms with van der Waals surface area (Å²) in [5, 5.41) is 7.41. The van der Waals surface area contributed by atoms with Gasteiger partial charge in [-0.1, -0.05) is 24.3 Å². The highest BCUT2D eigenvalue weighted by Crippen LogP contribution is 2.34. The van der Waals surface area contributed by atoms with Gasteiger partial charge in [-0.2, -0.15) is 18.3 Å². The molecule has 102 valence electrons. The fourth-order valence-corrected chi connectivity index (χ4v) is 2.18. The third kappa shape index (κ3) is 1.99. The van der Waals surface area contributed by atoms with Crippen LogP contribution in [0.2, 0.25) is 0 Å². The Hall–Kier alpha value is -2.50. The lowest BCUT2D eigenvalue weighted by atomic mass is 10.00. The number of aromatic nitrogens is 2. The zero-order valence-electron chi connectivity index (χ0n) is 10.2. The zero-order chi connectivity index (χ0) is 14.3. The second-order valence-electron chi connectivity index (χ2n) is 4.41. The number of nitrogen functional groups attached to an aromatic ring is 1. The van der Waals surface area contributed by atoms with Gasteiger partial charge in [-0.25, -0.2) is 0 Å². The van der Waals surface area contributed by atoms with E-state index in [1.54, 1.807) is 12.1 Å². The van der Waals surface area contributed by atoms with Gasteiger partial charge in [0.2, 0.25) is 0 Å². The number of hydrogen-bond acceptors (Lipinski definition) is 2. The highest BCUT2D eigenvalue weighted by Gasteiger charge is 2.30. The maximum absolute atomic E-state index is 12.6. The van der Waals surface area contributed by atoms with Crippen molar-refractivity contribution in [1.82, 2.24) is 10.2 Å². The standard InChI is InChI=1S/C14H10F3N3/c15-14(16,17)9-6-4-8(5-7-9)10-2-1-3-11-12(10)13(18)20-19-11/h1-7H,(H3,18,19,20). The van der Waals surface area contributed by atoms with Gasteiger partial charge in [0, 0.05) is 0 Å². The third-order valence-corrected chi connectivity index (χ3v) is 3.14. The number of aromatic amines is 1. The molecule has 0 saturated carbocycles. The molecule has 0 unspecified atom stereocenters. The van der Waals surface area contributed by atoms with Crippen LogP contribution in [-0.4, -0.2) is 10.2 Å². The number of alkyl halides is 3. The zero-order valence-corrected chi connectivity index (χ0v) is 10.2. The van der Waals surface area contributed by atoms with E-state index in [0.29, 0.717) is 16.8 Å². The molecule has 3 N–H and O–H groups in total. The summed E-state index contributed by atoms with van der Waals surface area (Å²) in [4.78, 5) is 0. The first-order chi connectivity index (χ1) is 9.47. The van der Waals surface area contributed by atoms with Crippen molar-refractivity contribution in [3.8, 4) is 11.1 Å². The van der Waals surface area contributed by atoms with Crippen molar-refractivity contribution >= 4 is 16.7 Å². The fraction of sp³-hybridized carbons (Fsp3) is 0.0714. The molecule has 0 fully saturated rings. The number of H-pyrrole nitrogens is 1. The number of nitrogens with one attached hydrogen (secondary N) is 1. The monoisotopic (exact) mass is 277 g/mol. The SMILES string of the molecule is Nc1n[nH]c2cccc(-c3ccc(C(F)(F)F)cc3)c12. The lowest BCUT2D eigenvalue weighted by Gasteiger charge is -2.08. The van der Waals surface area contributed by atoms with Gasteiger partial charge < -0.3 is 5.73 Å². The molecule has 6 heteroatoms. The number of nitrogens with zero attached hydrogens (tertiary/aromatic N) is 1. The van der Waals surface area contributed by atoms with Crippen LogP contribution in [0.15, 0.2) is 42.5 Å². The molecule has 2 aromatic carbocycles. The number of hydrogen-bond donors (Lipinski definition) is 2. The molecule has 0 atom stereocenters. The second-order valence-corrected chi connectivity index (χ2v) is 4.41.